The molecule has 0 saturated carbocycles. The zero-order valence-electron chi connectivity index (χ0n) is 37.8. The average Bonchev–Trinajstić information content (AvgIpc) is 3.21. The Balaban J connectivity index is 3.52. The van der Waals surface area contributed by atoms with Crippen molar-refractivity contribution < 1.29 is 24.5 Å². The second-order valence-corrected chi connectivity index (χ2v) is 16.8. The molecule has 0 aromatic rings. The Morgan fingerprint density at radius 3 is 1.42 bits per heavy atom. The van der Waals surface area contributed by atoms with E-state index in [1.165, 1.54) is 135 Å². The number of aliphatic hydroxyl groups excluding tert-OH is 2. The van der Waals surface area contributed by atoms with Gasteiger partial charge in [-0.05, 0) is 77.0 Å². The van der Waals surface area contributed by atoms with Gasteiger partial charge in [-0.25, -0.2) is 0 Å². The molecule has 0 saturated heterocycles. The molecule has 0 aromatic heterocycles. The maximum atomic E-state index is 12.4. The third kappa shape index (κ3) is 43.5. The number of hydrogen-bond acceptors (Lipinski definition) is 5. The highest BCUT2D eigenvalue weighted by atomic mass is 16.5. The van der Waals surface area contributed by atoms with Gasteiger partial charge in [0.15, 0.2) is 0 Å². The van der Waals surface area contributed by atoms with Crippen molar-refractivity contribution in [3.05, 3.63) is 36.5 Å². The minimum absolute atomic E-state index is 0.0279. The molecule has 3 N–H and O–H groups in total. The monoisotopic (exact) mass is 802 g/mol. The second-order valence-electron chi connectivity index (χ2n) is 16.8. The van der Waals surface area contributed by atoms with Crippen LogP contribution in [0.1, 0.15) is 251 Å². The molecule has 0 rings (SSSR count). The molecule has 1 amide bonds. The van der Waals surface area contributed by atoms with E-state index in [-0.39, 0.29) is 18.5 Å². The van der Waals surface area contributed by atoms with Crippen LogP contribution in [0.3, 0.4) is 0 Å². The fourth-order valence-electron chi connectivity index (χ4n) is 7.30. The lowest BCUT2D eigenvalue weighted by Gasteiger charge is -2.22. The number of unbranched alkanes of at least 4 members (excludes halogenated alkanes) is 28. The van der Waals surface area contributed by atoms with Gasteiger partial charge in [-0.1, -0.05) is 198 Å². The number of hydrogen-bond donors (Lipinski definition) is 3. The van der Waals surface area contributed by atoms with E-state index in [2.05, 4.69) is 55.6 Å². The van der Waals surface area contributed by atoms with Crippen LogP contribution in [0, 0.1) is 0 Å². The first-order chi connectivity index (χ1) is 28.0. The second kappa shape index (κ2) is 46.8. The average molecular weight is 802 g/mol. The van der Waals surface area contributed by atoms with Crippen LogP contribution in [0.4, 0.5) is 0 Å². The van der Waals surface area contributed by atoms with Gasteiger partial charge in [0.1, 0.15) is 0 Å². The molecule has 0 bridgehead atoms. The summed E-state index contributed by atoms with van der Waals surface area (Å²) in [5, 5.41) is 23.1. The van der Waals surface area contributed by atoms with E-state index in [0.717, 1.165) is 83.5 Å². The first-order valence-electron chi connectivity index (χ1n) is 24.7. The van der Waals surface area contributed by atoms with Gasteiger partial charge in [0.25, 0.3) is 0 Å². The summed E-state index contributed by atoms with van der Waals surface area (Å²) in [5.74, 6) is -0.0949. The maximum Gasteiger partial charge on any atom is 0.305 e. The third-order valence-corrected chi connectivity index (χ3v) is 11.2. The van der Waals surface area contributed by atoms with E-state index in [1.807, 2.05) is 0 Å². The highest BCUT2D eigenvalue weighted by molar-refractivity contribution is 5.76. The number of amides is 1. The predicted molar refractivity (Wildman–Crippen MR) is 246 cm³/mol. The molecule has 0 fully saturated rings. The molecule has 0 heterocycles. The minimum Gasteiger partial charge on any atom is -0.466 e. The van der Waals surface area contributed by atoms with Crippen molar-refractivity contribution in [1.29, 1.82) is 0 Å². The molecule has 0 spiro atoms. The Labute approximate surface area is 353 Å². The first kappa shape index (κ1) is 55.1. The molecule has 2 atom stereocenters. The fraction of sp³-hybridized carbons (Fsp3) is 0.843. The molecule has 0 aromatic carbocycles. The highest BCUT2D eigenvalue weighted by Gasteiger charge is 2.20. The summed E-state index contributed by atoms with van der Waals surface area (Å²) < 4.78 is 5.44. The van der Waals surface area contributed by atoms with Crippen LogP contribution in [0.15, 0.2) is 36.5 Å². The van der Waals surface area contributed by atoms with E-state index >= 15 is 0 Å². The van der Waals surface area contributed by atoms with Gasteiger partial charge in [0.05, 0.1) is 25.4 Å². The summed E-state index contributed by atoms with van der Waals surface area (Å²) in [6, 6.07) is -0.562. The summed E-state index contributed by atoms with van der Waals surface area (Å²) in [4.78, 5) is 24.4. The van der Waals surface area contributed by atoms with Crippen molar-refractivity contribution in [2.75, 3.05) is 13.2 Å². The van der Waals surface area contributed by atoms with E-state index < -0.39 is 12.1 Å². The molecule has 334 valence electrons. The lowest BCUT2D eigenvalue weighted by atomic mass is 10.0. The number of rotatable bonds is 45. The number of ether oxygens (including phenoxy) is 1. The number of carbonyl (C=O) groups is 2. The fourth-order valence-corrected chi connectivity index (χ4v) is 7.30. The largest absolute Gasteiger partial charge is 0.466 e. The maximum absolute atomic E-state index is 12.4. The Bertz CT molecular complexity index is 931. The molecular weight excluding hydrogens is 707 g/mol. The molecule has 0 aliphatic carbocycles. The van der Waals surface area contributed by atoms with Crippen LogP contribution in [0.5, 0.6) is 0 Å². The van der Waals surface area contributed by atoms with Gasteiger partial charge >= 0.3 is 5.97 Å². The van der Waals surface area contributed by atoms with Gasteiger partial charge in [-0.2, -0.15) is 0 Å². The van der Waals surface area contributed by atoms with E-state index in [9.17, 15) is 19.8 Å². The van der Waals surface area contributed by atoms with Crippen LogP contribution in [0.25, 0.3) is 0 Å². The molecule has 2 unspecified atom stereocenters. The van der Waals surface area contributed by atoms with Crippen LogP contribution in [-0.4, -0.2) is 47.4 Å². The first-order valence-corrected chi connectivity index (χ1v) is 24.7. The summed E-state index contributed by atoms with van der Waals surface area (Å²) >= 11 is 0. The zero-order valence-corrected chi connectivity index (χ0v) is 37.8. The Morgan fingerprint density at radius 1 is 0.491 bits per heavy atom. The number of aliphatic hydroxyl groups is 2. The quantitative estimate of drug-likeness (QED) is 0.0324. The van der Waals surface area contributed by atoms with Crippen molar-refractivity contribution in [1.82, 2.24) is 5.32 Å². The highest BCUT2D eigenvalue weighted by Crippen LogP contribution is 2.15. The molecule has 6 nitrogen and oxygen atoms in total. The summed E-state index contributed by atoms with van der Waals surface area (Å²) in [6.07, 6.45) is 55.3. The Kier molecular flexibility index (Phi) is 45.2. The van der Waals surface area contributed by atoms with Crippen molar-refractivity contribution >= 4 is 11.9 Å². The van der Waals surface area contributed by atoms with Crippen molar-refractivity contribution in [2.24, 2.45) is 0 Å². The number of carbonyl (C=O) groups excluding carboxylic acids is 2. The van der Waals surface area contributed by atoms with Crippen molar-refractivity contribution in [3.63, 3.8) is 0 Å². The zero-order chi connectivity index (χ0) is 41.5. The number of nitrogens with one attached hydrogen (secondary N) is 1. The van der Waals surface area contributed by atoms with Gasteiger partial charge in [0, 0.05) is 12.8 Å². The van der Waals surface area contributed by atoms with Gasteiger partial charge in [0.2, 0.25) is 5.91 Å². The van der Waals surface area contributed by atoms with Crippen molar-refractivity contribution in [2.45, 2.75) is 264 Å². The third-order valence-electron chi connectivity index (χ3n) is 11.2. The van der Waals surface area contributed by atoms with Gasteiger partial charge < -0.3 is 20.3 Å². The number of esters is 1. The van der Waals surface area contributed by atoms with E-state index in [4.69, 9.17) is 4.74 Å². The van der Waals surface area contributed by atoms with Gasteiger partial charge in [-0.3, -0.25) is 9.59 Å². The van der Waals surface area contributed by atoms with E-state index in [0.29, 0.717) is 25.9 Å². The van der Waals surface area contributed by atoms with Crippen LogP contribution < -0.4 is 5.32 Å². The molecule has 0 radical (unpaired) electrons. The molecular formula is C51H95NO5. The van der Waals surface area contributed by atoms with Gasteiger partial charge in [-0.15, -0.1) is 0 Å². The summed E-state index contributed by atoms with van der Waals surface area (Å²) in [7, 11) is 0. The Morgan fingerprint density at radius 2 is 0.895 bits per heavy atom. The van der Waals surface area contributed by atoms with Crippen LogP contribution >= 0.6 is 0 Å². The topological polar surface area (TPSA) is 95.9 Å². The van der Waals surface area contributed by atoms with Crippen LogP contribution in [-0.2, 0) is 14.3 Å². The standard InChI is InChI=1S/C51H95NO5/c1-3-5-7-9-11-13-15-17-21-25-29-33-37-41-45-51(56)57-46-42-38-34-30-26-22-18-20-24-28-32-36-40-44-50(55)52-48(47-53)49(54)43-39-35-31-27-23-19-16-14-12-10-8-6-4-2/h9,11,15,17,20,24,48-49,53-54H,3-8,10,12-14,16,18-19,21-23,25-47H2,1-2H3,(H,52,55)/b11-9-,17-15-,24-20-. The predicted octanol–water partition coefficient (Wildman–Crippen LogP) is 14.5. The van der Waals surface area contributed by atoms with E-state index in [1.54, 1.807) is 0 Å². The Hall–Kier alpha value is -1.92. The lowest BCUT2D eigenvalue weighted by molar-refractivity contribution is -0.143. The molecule has 6 heteroatoms. The molecule has 0 aliphatic heterocycles. The minimum atomic E-state index is -0.681. The van der Waals surface area contributed by atoms with Crippen LogP contribution in [0.2, 0.25) is 0 Å². The van der Waals surface area contributed by atoms with Crippen molar-refractivity contribution in [3.8, 4) is 0 Å². The summed E-state index contributed by atoms with van der Waals surface area (Å²) in [6.45, 7) is 4.85. The molecule has 57 heavy (non-hydrogen) atoms. The normalized spacial score (nSPS) is 13.0. The molecule has 0 aliphatic rings. The SMILES string of the molecule is CCCC/C=C\C/C=C\CCCCCCCC(=O)OCCCCCCCC/C=C\CCCCCC(=O)NC(CO)C(O)CCCCCCCCCCCCCCC. The smallest absolute Gasteiger partial charge is 0.305 e. The number of allylic oxidation sites excluding steroid dienone is 6. The summed E-state index contributed by atoms with van der Waals surface area (Å²) in [5.41, 5.74) is 0. The lowest BCUT2D eigenvalue weighted by Crippen LogP contribution is -2.45.